The Kier molecular flexibility index (Phi) is 2.65. The first-order chi connectivity index (χ1) is 6.65. The Morgan fingerprint density at radius 1 is 1.43 bits per heavy atom. The fourth-order valence-corrected chi connectivity index (χ4v) is 2.56. The number of alkyl halides is 1. The third-order valence-electron chi connectivity index (χ3n) is 3.11. The Morgan fingerprint density at radius 3 is 2.64 bits per heavy atom. The fourth-order valence-electron chi connectivity index (χ4n) is 1.80. The van der Waals surface area contributed by atoms with Crippen LogP contribution in [0, 0.1) is 18.2 Å². The molecule has 0 saturated heterocycles. The Morgan fingerprint density at radius 2 is 2.14 bits per heavy atom. The van der Waals surface area contributed by atoms with Crippen LogP contribution >= 0.6 is 15.9 Å². The van der Waals surface area contributed by atoms with Gasteiger partial charge in [-0.2, -0.15) is 0 Å². The largest absolute Gasteiger partial charge is 0.207 e. The van der Waals surface area contributed by atoms with Crippen LogP contribution in [0.2, 0.25) is 0 Å². The zero-order chi connectivity index (χ0) is 10.2. The molecule has 0 amide bonds. The molecule has 0 nitrogen and oxygen atoms in total. The maximum atomic E-state index is 12.9. The summed E-state index contributed by atoms with van der Waals surface area (Å²) in [6.07, 6.45) is 3.69. The van der Waals surface area contributed by atoms with Crippen molar-refractivity contribution in [3.8, 4) is 0 Å². The lowest BCUT2D eigenvalue weighted by Crippen LogP contribution is -2.07. The van der Waals surface area contributed by atoms with Crippen molar-refractivity contribution in [2.45, 2.75) is 26.2 Å². The monoisotopic (exact) mass is 256 g/mol. The third-order valence-corrected chi connectivity index (χ3v) is 4.30. The van der Waals surface area contributed by atoms with E-state index >= 15 is 0 Å². The highest BCUT2D eigenvalue weighted by molar-refractivity contribution is 9.09. The number of hydrogen-bond acceptors (Lipinski definition) is 0. The average molecular weight is 257 g/mol. The van der Waals surface area contributed by atoms with Gasteiger partial charge in [-0.15, -0.1) is 0 Å². The maximum absolute atomic E-state index is 12.9. The predicted octanol–water partition coefficient (Wildman–Crippen LogP) is 3.85. The van der Waals surface area contributed by atoms with Crippen molar-refractivity contribution in [1.82, 2.24) is 0 Å². The molecule has 0 aromatic heterocycles. The van der Waals surface area contributed by atoms with Crippen LogP contribution in [0.15, 0.2) is 18.2 Å². The highest BCUT2D eigenvalue weighted by Crippen LogP contribution is 2.49. The summed E-state index contributed by atoms with van der Waals surface area (Å²) in [7, 11) is 0. The molecule has 0 N–H and O–H groups in total. The van der Waals surface area contributed by atoms with Crippen molar-refractivity contribution >= 4 is 15.9 Å². The molecule has 1 saturated carbocycles. The second-order valence-electron chi connectivity index (χ2n) is 4.38. The van der Waals surface area contributed by atoms with Gasteiger partial charge in [0.25, 0.3) is 0 Å². The van der Waals surface area contributed by atoms with E-state index in [1.165, 1.54) is 18.4 Å². The van der Waals surface area contributed by atoms with Crippen LogP contribution < -0.4 is 0 Å². The highest BCUT2D eigenvalue weighted by atomic mass is 79.9. The minimum atomic E-state index is -0.130. The van der Waals surface area contributed by atoms with E-state index in [0.29, 0.717) is 5.41 Å². The van der Waals surface area contributed by atoms with E-state index < -0.39 is 0 Å². The molecule has 2 heteroatoms. The molecule has 1 aromatic carbocycles. The van der Waals surface area contributed by atoms with Gasteiger partial charge in [-0.3, -0.25) is 0 Å². The first-order valence-electron chi connectivity index (χ1n) is 4.96. The van der Waals surface area contributed by atoms with Gasteiger partial charge in [0.2, 0.25) is 0 Å². The smallest absolute Gasteiger partial charge is 0.123 e. The van der Waals surface area contributed by atoms with Crippen LogP contribution in [0.4, 0.5) is 4.39 Å². The molecule has 0 spiro atoms. The number of aryl methyl sites for hydroxylation is 1. The molecule has 14 heavy (non-hydrogen) atoms. The van der Waals surface area contributed by atoms with Crippen LogP contribution in [-0.2, 0) is 6.42 Å². The number of halogens is 2. The van der Waals surface area contributed by atoms with E-state index in [2.05, 4.69) is 15.9 Å². The van der Waals surface area contributed by atoms with Crippen molar-refractivity contribution in [3.63, 3.8) is 0 Å². The van der Waals surface area contributed by atoms with Gasteiger partial charge in [0, 0.05) is 5.33 Å². The zero-order valence-electron chi connectivity index (χ0n) is 8.32. The first kappa shape index (κ1) is 10.2. The quantitative estimate of drug-likeness (QED) is 0.721. The molecule has 0 heterocycles. The average Bonchev–Trinajstić information content (AvgIpc) is 2.91. The first-order valence-corrected chi connectivity index (χ1v) is 6.08. The van der Waals surface area contributed by atoms with Crippen LogP contribution in [0.1, 0.15) is 24.0 Å². The number of rotatable bonds is 3. The van der Waals surface area contributed by atoms with Gasteiger partial charge in [-0.05, 0) is 54.9 Å². The Hall–Kier alpha value is -0.370. The van der Waals surface area contributed by atoms with Crippen molar-refractivity contribution in [3.05, 3.63) is 35.1 Å². The minimum absolute atomic E-state index is 0.130. The summed E-state index contributed by atoms with van der Waals surface area (Å²) >= 11 is 3.56. The molecule has 0 unspecified atom stereocenters. The minimum Gasteiger partial charge on any atom is -0.207 e. The van der Waals surface area contributed by atoms with Gasteiger partial charge in [0.05, 0.1) is 0 Å². The predicted molar refractivity (Wildman–Crippen MR) is 60.3 cm³/mol. The van der Waals surface area contributed by atoms with Gasteiger partial charge in [-0.1, -0.05) is 22.0 Å². The summed E-state index contributed by atoms with van der Waals surface area (Å²) in [4.78, 5) is 0. The van der Waals surface area contributed by atoms with E-state index in [4.69, 9.17) is 0 Å². The van der Waals surface area contributed by atoms with Crippen molar-refractivity contribution in [2.24, 2.45) is 5.41 Å². The second kappa shape index (κ2) is 3.65. The molecular formula is C12H14BrF. The molecule has 0 radical (unpaired) electrons. The van der Waals surface area contributed by atoms with E-state index in [0.717, 1.165) is 17.3 Å². The maximum Gasteiger partial charge on any atom is 0.123 e. The summed E-state index contributed by atoms with van der Waals surface area (Å²) in [6, 6.07) is 5.11. The van der Waals surface area contributed by atoms with Gasteiger partial charge in [0.1, 0.15) is 5.82 Å². The van der Waals surface area contributed by atoms with E-state index in [1.807, 2.05) is 13.0 Å². The normalized spacial score (nSPS) is 18.2. The van der Waals surface area contributed by atoms with Gasteiger partial charge in [0.15, 0.2) is 0 Å². The molecule has 0 aliphatic heterocycles. The fraction of sp³-hybridized carbons (Fsp3) is 0.500. The number of benzene rings is 1. The van der Waals surface area contributed by atoms with Crippen LogP contribution in [0.5, 0.6) is 0 Å². The zero-order valence-corrected chi connectivity index (χ0v) is 9.90. The molecule has 1 aliphatic rings. The molecule has 0 atom stereocenters. The van der Waals surface area contributed by atoms with Crippen molar-refractivity contribution < 1.29 is 4.39 Å². The van der Waals surface area contributed by atoms with E-state index in [1.54, 1.807) is 12.1 Å². The second-order valence-corrected chi connectivity index (χ2v) is 4.94. The topological polar surface area (TPSA) is 0 Å². The summed E-state index contributed by atoms with van der Waals surface area (Å²) in [5.41, 5.74) is 2.85. The summed E-state index contributed by atoms with van der Waals surface area (Å²) in [5.74, 6) is -0.130. The summed E-state index contributed by atoms with van der Waals surface area (Å²) < 4.78 is 12.9. The van der Waals surface area contributed by atoms with Crippen LogP contribution in [-0.4, -0.2) is 5.33 Å². The molecule has 0 bridgehead atoms. The lowest BCUT2D eigenvalue weighted by atomic mass is 9.95. The molecule has 76 valence electrons. The molecule has 1 aromatic rings. The molecule has 1 aliphatic carbocycles. The van der Waals surface area contributed by atoms with Crippen LogP contribution in [0.25, 0.3) is 0 Å². The van der Waals surface area contributed by atoms with Gasteiger partial charge >= 0.3 is 0 Å². The lowest BCUT2D eigenvalue weighted by molar-refractivity contribution is 0.580. The Labute approximate surface area is 92.6 Å². The number of hydrogen-bond donors (Lipinski definition) is 0. The highest BCUT2D eigenvalue weighted by Gasteiger charge is 2.41. The SMILES string of the molecule is Cc1cc(F)ccc1CC1(CBr)CC1. The third kappa shape index (κ3) is 2.00. The Balaban J connectivity index is 2.17. The molecule has 1 fully saturated rings. The molecule has 2 rings (SSSR count). The van der Waals surface area contributed by atoms with Crippen molar-refractivity contribution in [2.75, 3.05) is 5.33 Å². The standard InChI is InChI=1S/C12H14BrF/c1-9-6-11(14)3-2-10(9)7-12(8-13)4-5-12/h2-3,6H,4-5,7-8H2,1H3. The van der Waals surface area contributed by atoms with Gasteiger partial charge in [-0.25, -0.2) is 4.39 Å². The Bertz CT molecular complexity index is 342. The lowest BCUT2D eigenvalue weighted by Gasteiger charge is -2.13. The van der Waals surface area contributed by atoms with Crippen molar-refractivity contribution in [1.29, 1.82) is 0 Å². The molecular weight excluding hydrogens is 243 g/mol. The van der Waals surface area contributed by atoms with Crippen LogP contribution in [0.3, 0.4) is 0 Å². The van der Waals surface area contributed by atoms with E-state index in [-0.39, 0.29) is 5.82 Å². The summed E-state index contributed by atoms with van der Waals surface area (Å²) in [5, 5.41) is 1.07. The van der Waals surface area contributed by atoms with Gasteiger partial charge < -0.3 is 0 Å². The van der Waals surface area contributed by atoms with E-state index in [9.17, 15) is 4.39 Å². The summed E-state index contributed by atoms with van der Waals surface area (Å²) in [6.45, 7) is 1.99.